The Morgan fingerprint density at radius 2 is 1.86 bits per heavy atom. The van der Waals surface area contributed by atoms with E-state index in [9.17, 15) is 0 Å². The smallest absolute Gasteiger partial charge is 0.0339 e. The topological polar surface area (TPSA) is 0 Å². The molecule has 0 aromatic heterocycles. The van der Waals surface area contributed by atoms with Crippen LogP contribution in [0.25, 0.3) is 0 Å². The predicted octanol–water partition coefficient (Wildman–Crippen LogP) is 4.47. The summed E-state index contributed by atoms with van der Waals surface area (Å²) in [5, 5.41) is 0.466. The Kier molecular flexibility index (Phi) is 2.85. The van der Waals surface area contributed by atoms with Gasteiger partial charge in [-0.1, -0.05) is 27.2 Å². The molecule has 0 amide bonds. The SMILES string of the molecule is C[C@@H]1CC[C@H]2C[C@H](Cl)CC[C@]2(C)[C@@H]1C. The lowest BCUT2D eigenvalue weighted by atomic mass is 9.53. The fraction of sp³-hybridized carbons (Fsp3) is 1.00. The molecular formula is C13H23Cl. The van der Waals surface area contributed by atoms with Crippen LogP contribution in [0, 0.1) is 23.2 Å². The highest BCUT2D eigenvalue weighted by molar-refractivity contribution is 6.20. The average molecular weight is 215 g/mol. The first-order valence-electron chi connectivity index (χ1n) is 6.18. The van der Waals surface area contributed by atoms with Crippen LogP contribution in [-0.4, -0.2) is 5.38 Å². The highest BCUT2D eigenvalue weighted by atomic mass is 35.5. The number of hydrogen-bond acceptors (Lipinski definition) is 0. The quantitative estimate of drug-likeness (QED) is 0.522. The maximum Gasteiger partial charge on any atom is 0.0339 e. The molecule has 0 radical (unpaired) electrons. The van der Waals surface area contributed by atoms with Gasteiger partial charge in [0, 0.05) is 5.38 Å². The lowest BCUT2D eigenvalue weighted by Crippen LogP contribution is -2.45. The van der Waals surface area contributed by atoms with Crippen LogP contribution in [0.3, 0.4) is 0 Å². The van der Waals surface area contributed by atoms with Crippen molar-refractivity contribution < 1.29 is 0 Å². The molecule has 0 N–H and O–H groups in total. The first-order valence-corrected chi connectivity index (χ1v) is 6.61. The third-order valence-corrected chi connectivity index (χ3v) is 5.73. The van der Waals surface area contributed by atoms with Gasteiger partial charge in [0.15, 0.2) is 0 Å². The minimum Gasteiger partial charge on any atom is -0.123 e. The molecule has 0 heterocycles. The van der Waals surface area contributed by atoms with Crippen LogP contribution >= 0.6 is 11.6 Å². The van der Waals surface area contributed by atoms with E-state index < -0.39 is 0 Å². The Hall–Kier alpha value is 0.290. The number of alkyl halides is 1. The summed E-state index contributed by atoms with van der Waals surface area (Å²) in [5.74, 6) is 2.72. The summed E-state index contributed by atoms with van der Waals surface area (Å²) in [5.41, 5.74) is 0.600. The van der Waals surface area contributed by atoms with E-state index in [2.05, 4.69) is 20.8 Å². The summed E-state index contributed by atoms with van der Waals surface area (Å²) >= 11 is 6.28. The Balaban J connectivity index is 2.16. The van der Waals surface area contributed by atoms with Gasteiger partial charge in [-0.25, -0.2) is 0 Å². The van der Waals surface area contributed by atoms with Crippen molar-refractivity contribution in [3.63, 3.8) is 0 Å². The van der Waals surface area contributed by atoms with Gasteiger partial charge in [0.25, 0.3) is 0 Å². The van der Waals surface area contributed by atoms with E-state index in [1.54, 1.807) is 0 Å². The Morgan fingerprint density at radius 3 is 2.57 bits per heavy atom. The zero-order valence-electron chi connectivity index (χ0n) is 9.72. The van der Waals surface area contributed by atoms with Gasteiger partial charge in [0.1, 0.15) is 0 Å². The van der Waals surface area contributed by atoms with Gasteiger partial charge in [0.05, 0.1) is 0 Å². The molecule has 82 valence electrons. The zero-order chi connectivity index (χ0) is 10.3. The van der Waals surface area contributed by atoms with Crippen molar-refractivity contribution in [3.05, 3.63) is 0 Å². The molecule has 2 aliphatic carbocycles. The highest BCUT2D eigenvalue weighted by Crippen LogP contribution is 2.55. The van der Waals surface area contributed by atoms with Crippen LogP contribution < -0.4 is 0 Å². The van der Waals surface area contributed by atoms with Crippen LogP contribution in [0.5, 0.6) is 0 Å². The van der Waals surface area contributed by atoms with Crippen LogP contribution in [0.4, 0.5) is 0 Å². The van der Waals surface area contributed by atoms with Gasteiger partial charge in [-0.15, -0.1) is 11.6 Å². The molecule has 2 rings (SSSR count). The number of fused-ring (bicyclic) bond motifs is 1. The minimum absolute atomic E-state index is 0.466. The van der Waals surface area contributed by atoms with Crippen molar-refractivity contribution in [2.75, 3.05) is 0 Å². The second-order valence-electron chi connectivity index (χ2n) is 5.92. The van der Waals surface area contributed by atoms with E-state index in [0.717, 1.165) is 17.8 Å². The van der Waals surface area contributed by atoms with Crippen LogP contribution in [0.1, 0.15) is 52.9 Å². The second-order valence-corrected chi connectivity index (χ2v) is 6.53. The molecule has 14 heavy (non-hydrogen) atoms. The van der Waals surface area contributed by atoms with Gasteiger partial charge in [-0.2, -0.15) is 0 Å². The Labute approximate surface area is 93.4 Å². The van der Waals surface area contributed by atoms with E-state index in [1.165, 1.54) is 32.1 Å². The number of rotatable bonds is 0. The molecular weight excluding hydrogens is 192 g/mol. The Morgan fingerprint density at radius 1 is 1.14 bits per heavy atom. The maximum absolute atomic E-state index is 6.28. The van der Waals surface area contributed by atoms with E-state index in [1.807, 2.05) is 0 Å². The van der Waals surface area contributed by atoms with Crippen molar-refractivity contribution in [1.29, 1.82) is 0 Å². The third-order valence-electron chi connectivity index (χ3n) is 5.33. The molecule has 2 saturated carbocycles. The molecule has 0 bridgehead atoms. The van der Waals surface area contributed by atoms with E-state index in [4.69, 9.17) is 11.6 Å². The molecule has 2 fully saturated rings. The Bertz CT molecular complexity index is 213. The van der Waals surface area contributed by atoms with Crippen LogP contribution in [0.2, 0.25) is 0 Å². The fourth-order valence-corrected chi connectivity index (χ4v) is 4.10. The average Bonchev–Trinajstić information content (AvgIpc) is 2.16. The van der Waals surface area contributed by atoms with Crippen molar-refractivity contribution in [3.8, 4) is 0 Å². The van der Waals surface area contributed by atoms with Gasteiger partial charge in [-0.05, 0) is 48.9 Å². The first kappa shape index (κ1) is 10.8. The molecule has 0 unspecified atom stereocenters. The summed E-state index contributed by atoms with van der Waals surface area (Å²) in [6.45, 7) is 7.41. The van der Waals surface area contributed by atoms with E-state index in [-0.39, 0.29) is 0 Å². The largest absolute Gasteiger partial charge is 0.123 e. The molecule has 0 aromatic carbocycles. The van der Waals surface area contributed by atoms with Crippen molar-refractivity contribution in [2.24, 2.45) is 23.2 Å². The molecule has 0 spiro atoms. The van der Waals surface area contributed by atoms with Crippen LogP contribution in [0.15, 0.2) is 0 Å². The summed E-state index contributed by atoms with van der Waals surface area (Å²) < 4.78 is 0. The normalized spacial score (nSPS) is 54.0. The minimum atomic E-state index is 0.466. The fourth-order valence-electron chi connectivity index (χ4n) is 3.78. The first-order chi connectivity index (χ1) is 6.54. The van der Waals surface area contributed by atoms with Crippen molar-refractivity contribution in [2.45, 2.75) is 58.3 Å². The number of hydrogen-bond donors (Lipinski definition) is 0. The molecule has 5 atom stereocenters. The highest BCUT2D eigenvalue weighted by Gasteiger charge is 2.47. The zero-order valence-corrected chi connectivity index (χ0v) is 10.5. The van der Waals surface area contributed by atoms with Crippen molar-refractivity contribution >= 4 is 11.6 Å². The third kappa shape index (κ3) is 1.60. The second kappa shape index (κ2) is 3.70. The lowest BCUT2D eigenvalue weighted by molar-refractivity contribution is -0.0187. The summed E-state index contributed by atoms with van der Waals surface area (Å²) in [6.07, 6.45) is 6.72. The summed E-state index contributed by atoms with van der Waals surface area (Å²) in [7, 11) is 0. The van der Waals surface area contributed by atoms with Gasteiger partial charge >= 0.3 is 0 Å². The monoisotopic (exact) mass is 214 g/mol. The van der Waals surface area contributed by atoms with E-state index in [0.29, 0.717) is 10.8 Å². The predicted molar refractivity (Wildman–Crippen MR) is 62.7 cm³/mol. The molecule has 1 heteroatoms. The van der Waals surface area contributed by atoms with Gasteiger partial charge in [-0.3, -0.25) is 0 Å². The van der Waals surface area contributed by atoms with Gasteiger partial charge in [0.2, 0.25) is 0 Å². The molecule has 0 aliphatic heterocycles. The van der Waals surface area contributed by atoms with Crippen LogP contribution in [-0.2, 0) is 0 Å². The van der Waals surface area contributed by atoms with E-state index >= 15 is 0 Å². The molecule has 0 nitrogen and oxygen atoms in total. The van der Waals surface area contributed by atoms with Crippen molar-refractivity contribution in [1.82, 2.24) is 0 Å². The molecule has 2 aliphatic rings. The lowest BCUT2D eigenvalue weighted by Gasteiger charge is -2.53. The molecule has 0 aromatic rings. The molecule has 0 saturated heterocycles. The summed E-state index contributed by atoms with van der Waals surface area (Å²) in [6, 6.07) is 0. The maximum atomic E-state index is 6.28. The van der Waals surface area contributed by atoms with Gasteiger partial charge < -0.3 is 0 Å². The standard InChI is InChI=1S/C13H23Cl/c1-9-4-5-11-8-12(14)6-7-13(11,3)10(9)2/h9-12H,4-8H2,1-3H3/t9-,10-,11+,12-,13-/m1/s1. The summed E-state index contributed by atoms with van der Waals surface area (Å²) in [4.78, 5) is 0. The number of halogens is 1.